The molecule has 0 spiro atoms. The van der Waals surface area contributed by atoms with Crippen LogP contribution in [-0.4, -0.2) is 36.2 Å². The molecule has 2 N–H and O–H groups in total. The highest BCUT2D eigenvalue weighted by molar-refractivity contribution is 5.95. The van der Waals surface area contributed by atoms with Gasteiger partial charge in [0.05, 0.1) is 13.2 Å². The van der Waals surface area contributed by atoms with Crippen LogP contribution in [0.1, 0.15) is 60.3 Å². The Balaban J connectivity index is 2.65. The number of hydrogen-bond acceptors (Lipinski definition) is 6. The average molecular weight is 443 g/mol. The molecular weight excluding hydrogens is 412 g/mol. The first-order valence-corrected chi connectivity index (χ1v) is 10.3. The van der Waals surface area contributed by atoms with Gasteiger partial charge in [0.1, 0.15) is 17.1 Å². The number of ether oxygens (including phenoxy) is 3. The summed E-state index contributed by atoms with van der Waals surface area (Å²) in [4.78, 5) is 23.6. The van der Waals surface area contributed by atoms with E-state index >= 15 is 0 Å². The van der Waals surface area contributed by atoms with Crippen molar-refractivity contribution in [1.29, 1.82) is 0 Å². The molecule has 2 aromatic carbocycles. The molecule has 32 heavy (non-hydrogen) atoms. The van der Waals surface area contributed by atoms with Crippen molar-refractivity contribution in [3.63, 3.8) is 0 Å². The van der Waals surface area contributed by atoms with Crippen molar-refractivity contribution < 1.29 is 34.0 Å². The highest BCUT2D eigenvalue weighted by atomic mass is 16.5. The predicted octanol–water partition coefficient (Wildman–Crippen LogP) is 5.54. The summed E-state index contributed by atoms with van der Waals surface area (Å²) in [5.41, 5.74) is 1.60. The molecule has 172 valence electrons. The molecule has 0 heterocycles. The average Bonchev–Trinajstić information content (AvgIpc) is 2.71. The van der Waals surface area contributed by atoms with Gasteiger partial charge in [-0.2, -0.15) is 0 Å². The molecule has 0 aliphatic rings. The molecule has 0 unspecified atom stereocenters. The van der Waals surface area contributed by atoms with Crippen molar-refractivity contribution in [2.75, 3.05) is 14.2 Å². The number of hydrogen-bond donors (Lipinski definition) is 2. The predicted molar refractivity (Wildman–Crippen MR) is 122 cm³/mol. The van der Waals surface area contributed by atoms with Crippen molar-refractivity contribution in [3.8, 4) is 23.0 Å². The van der Waals surface area contributed by atoms with Crippen molar-refractivity contribution >= 4 is 17.8 Å². The largest absolute Gasteiger partial charge is 0.504 e. The van der Waals surface area contributed by atoms with E-state index in [0.717, 1.165) is 5.56 Å². The number of aromatic carboxylic acids is 1. The lowest BCUT2D eigenvalue weighted by Crippen LogP contribution is -2.11. The van der Waals surface area contributed by atoms with Gasteiger partial charge in [-0.05, 0) is 68.2 Å². The standard InChI is InChI=1S/C25H30O7/c1-14(2)11-21(30-5)18-9-10-20(22(25(28)29)24(18)31-6)32-23-17(8-7-16(4)26)12-15(3)13-19(23)27/h7-10,12-14,21,27H,11H2,1-6H3,(H,28,29)/b8-7+/t21-/m1/s1. The Bertz CT molecular complexity index is 1020. The monoisotopic (exact) mass is 442 g/mol. The van der Waals surface area contributed by atoms with Crippen LogP contribution in [-0.2, 0) is 9.53 Å². The van der Waals surface area contributed by atoms with Crippen LogP contribution in [0.4, 0.5) is 0 Å². The number of benzene rings is 2. The van der Waals surface area contributed by atoms with Crippen LogP contribution < -0.4 is 9.47 Å². The number of aryl methyl sites for hydroxylation is 1. The van der Waals surface area contributed by atoms with Gasteiger partial charge in [0.25, 0.3) is 0 Å². The molecule has 7 heteroatoms. The van der Waals surface area contributed by atoms with Gasteiger partial charge in [0.15, 0.2) is 17.3 Å². The smallest absolute Gasteiger partial charge is 0.343 e. The summed E-state index contributed by atoms with van der Waals surface area (Å²) in [6, 6.07) is 6.44. The van der Waals surface area contributed by atoms with Crippen LogP contribution in [0.3, 0.4) is 0 Å². The van der Waals surface area contributed by atoms with Crippen LogP contribution in [0.25, 0.3) is 6.08 Å². The molecule has 0 fully saturated rings. The Morgan fingerprint density at radius 3 is 2.34 bits per heavy atom. The molecule has 2 rings (SSSR count). The van der Waals surface area contributed by atoms with Crippen molar-refractivity contribution in [2.45, 2.75) is 40.2 Å². The Morgan fingerprint density at radius 2 is 1.81 bits per heavy atom. The third kappa shape index (κ3) is 5.88. The van der Waals surface area contributed by atoms with E-state index in [1.807, 2.05) is 13.8 Å². The second-order valence-corrected chi connectivity index (χ2v) is 7.97. The number of phenolic OH excluding ortho intramolecular Hbond substituents is 1. The Hall–Kier alpha value is -3.32. The number of phenols is 1. The first kappa shape index (κ1) is 24.9. The van der Waals surface area contributed by atoms with Crippen LogP contribution >= 0.6 is 0 Å². The van der Waals surface area contributed by atoms with E-state index in [-0.39, 0.29) is 40.4 Å². The van der Waals surface area contributed by atoms with Crippen LogP contribution in [0.2, 0.25) is 0 Å². The zero-order chi connectivity index (χ0) is 24.0. The molecule has 7 nitrogen and oxygen atoms in total. The molecule has 0 aromatic heterocycles. The Morgan fingerprint density at radius 1 is 1.12 bits per heavy atom. The number of carboxylic acids is 1. The second kappa shape index (κ2) is 10.8. The van der Waals surface area contributed by atoms with Gasteiger partial charge in [-0.1, -0.05) is 13.8 Å². The maximum Gasteiger partial charge on any atom is 0.343 e. The number of methoxy groups -OCH3 is 2. The fraction of sp³-hybridized carbons (Fsp3) is 0.360. The van der Waals surface area contributed by atoms with E-state index in [1.54, 1.807) is 26.2 Å². The van der Waals surface area contributed by atoms with Crippen molar-refractivity contribution in [2.24, 2.45) is 5.92 Å². The lowest BCUT2D eigenvalue weighted by molar-refractivity contribution is -0.112. The summed E-state index contributed by atoms with van der Waals surface area (Å²) < 4.78 is 17.0. The number of allylic oxidation sites excluding steroid dienone is 1. The lowest BCUT2D eigenvalue weighted by Gasteiger charge is -2.23. The van der Waals surface area contributed by atoms with Gasteiger partial charge in [0, 0.05) is 18.2 Å². The first-order chi connectivity index (χ1) is 15.1. The van der Waals surface area contributed by atoms with Crippen molar-refractivity contribution in [1.82, 2.24) is 0 Å². The number of carboxylic acid groups (broad SMARTS) is 1. The normalized spacial score (nSPS) is 12.2. The topological polar surface area (TPSA) is 102 Å². The molecule has 0 radical (unpaired) electrons. The van der Waals surface area contributed by atoms with Gasteiger partial charge in [-0.3, -0.25) is 4.79 Å². The summed E-state index contributed by atoms with van der Waals surface area (Å²) >= 11 is 0. The fourth-order valence-electron chi connectivity index (χ4n) is 3.45. The highest BCUT2D eigenvalue weighted by Crippen LogP contribution is 2.43. The van der Waals surface area contributed by atoms with Gasteiger partial charge >= 0.3 is 5.97 Å². The van der Waals surface area contributed by atoms with Gasteiger partial charge in [-0.15, -0.1) is 0 Å². The second-order valence-electron chi connectivity index (χ2n) is 7.97. The molecule has 0 saturated carbocycles. The lowest BCUT2D eigenvalue weighted by atomic mass is 9.96. The molecule has 0 bridgehead atoms. The highest BCUT2D eigenvalue weighted by Gasteiger charge is 2.27. The van der Waals surface area contributed by atoms with E-state index in [2.05, 4.69) is 0 Å². The van der Waals surface area contributed by atoms with Crippen LogP contribution in [0, 0.1) is 12.8 Å². The maximum absolute atomic E-state index is 12.2. The van der Waals surface area contributed by atoms with Gasteiger partial charge in [0.2, 0.25) is 0 Å². The minimum atomic E-state index is -1.24. The van der Waals surface area contributed by atoms with Gasteiger partial charge in [-0.25, -0.2) is 4.79 Å². The molecule has 1 atom stereocenters. The summed E-state index contributed by atoms with van der Waals surface area (Å²) in [5, 5.41) is 20.4. The van der Waals surface area contributed by atoms with Crippen LogP contribution in [0.15, 0.2) is 30.3 Å². The maximum atomic E-state index is 12.2. The van der Waals surface area contributed by atoms with Gasteiger partial charge < -0.3 is 24.4 Å². The zero-order valence-electron chi connectivity index (χ0n) is 19.3. The van der Waals surface area contributed by atoms with E-state index < -0.39 is 5.97 Å². The van der Waals surface area contributed by atoms with E-state index in [1.165, 1.54) is 38.3 Å². The minimum Gasteiger partial charge on any atom is -0.504 e. The summed E-state index contributed by atoms with van der Waals surface area (Å²) in [7, 11) is 2.96. The number of aromatic hydroxyl groups is 1. The molecule has 0 saturated heterocycles. The number of ketones is 1. The third-order valence-electron chi connectivity index (χ3n) is 4.84. The molecule has 0 amide bonds. The number of rotatable bonds is 10. The van der Waals surface area contributed by atoms with E-state index in [9.17, 15) is 19.8 Å². The van der Waals surface area contributed by atoms with Crippen molar-refractivity contribution in [3.05, 3.63) is 52.6 Å². The quantitative estimate of drug-likeness (QED) is 0.466. The number of carbonyl (C=O) groups excluding carboxylic acids is 1. The minimum absolute atomic E-state index is 0.00544. The molecule has 0 aliphatic carbocycles. The molecule has 2 aromatic rings. The fourth-order valence-corrected chi connectivity index (χ4v) is 3.45. The molecule has 0 aliphatic heterocycles. The molecular formula is C25H30O7. The summed E-state index contributed by atoms with van der Waals surface area (Å²) in [6.07, 6.45) is 3.17. The van der Waals surface area contributed by atoms with E-state index in [4.69, 9.17) is 14.2 Å². The van der Waals surface area contributed by atoms with E-state index in [0.29, 0.717) is 23.5 Å². The Labute approximate surface area is 188 Å². The summed E-state index contributed by atoms with van der Waals surface area (Å²) in [5.74, 6) is -1.12. The van der Waals surface area contributed by atoms with Crippen LogP contribution in [0.5, 0.6) is 23.0 Å². The number of carbonyl (C=O) groups is 2. The summed E-state index contributed by atoms with van der Waals surface area (Å²) in [6.45, 7) is 7.28. The zero-order valence-corrected chi connectivity index (χ0v) is 19.3. The Kier molecular flexibility index (Phi) is 8.43. The third-order valence-corrected chi connectivity index (χ3v) is 4.84. The SMILES string of the molecule is COc1c([C@@H](CC(C)C)OC)ccc(Oc2c(O)cc(C)cc2/C=C/C(C)=O)c1C(=O)O. The first-order valence-electron chi connectivity index (χ1n) is 10.3.